The molecule has 0 saturated heterocycles. The highest BCUT2D eigenvalue weighted by Gasteiger charge is 2.05. The van der Waals surface area contributed by atoms with Crippen molar-refractivity contribution in [2.45, 2.75) is 13.8 Å². The molecule has 4 nitrogen and oxygen atoms in total. The zero-order valence-corrected chi connectivity index (χ0v) is 17.0. The molecule has 0 fully saturated rings. The van der Waals surface area contributed by atoms with Crippen LogP contribution in [0.3, 0.4) is 0 Å². The number of furan rings is 1. The zero-order chi connectivity index (χ0) is 20.1. The lowest BCUT2D eigenvalue weighted by Crippen LogP contribution is -2.32. The number of amides is 1. The predicted octanol–water partition coefficient (Wildman–Crippen LogP) is 5.74. The normalized spacial score (nSPS) is 10.8. The van der Waals surface area contributed by atoms with Crippen molar-refractivity contribution in [2.75, 3.05) is 5.32 Å². The van der Waals surface area contributed by atoms with Gasteiger partial charge in [0.2, 0.25) is 5.91 Å². The molecule has 0 aliphatic heterocycles. The summed E-state index contributed by atoms with van der Waals surface area (Å²) in [5.41, 5.74) is 4.08. The van der Waals surface area contributed by atoms with Gasteiger partial charge in [-0.2, -0.15) is 0 Å². The molecule has 0 spiro atoms. The SMILES string of the molecule is Cc1ccc(NC(=S)NC(=O)C=Cc2ccc(-c3ccc(Cl)cc3)o2)cc1C. The monoisotopic (exact) mass is 410 g/mol. The minimum Gasteiger partial charge on any atom is -0.457 e. The minimum atomic E-state index is -0.342. The number of carbonyl (C=O) groups is 1. The Bertz CT molecular complexity index is 1040. The second-order valence-electron chi connectivity index (χ2n) is 6.28. The average molecular weight is 411 g/mol. The molecule has 0 aliphatic carbocycles. The minimum absolute atomic E-state index is 0.235. The fourth-order valence-corrected chi connectivity index (χ4v) is 2.85. The zero-order valence-electron chi connectivity index (χ0n) is 15.5. The van der Waals surface area contributed by atoms with Crippen LogP contribution in [0.5, 0.6) is 0 Å². The molecule has 0 atom stereocenters. The van der Waals surface area contributed by atoms with E-state index in [-0.39, 0.29) is 11.0 Å². The van der Waals surface area contributed by atoms with E-state index in [1.165, 1.54) is 11.6 Å². The lowest BCUT2D eigenvalue weighted by atomic mass is 10.1. The fourth-order valence-electron chi connectivity index (χ4n) is 2.50. The number of anilines is 1. The molecule has 0 aliphatic rings. The number of carbonyl (C=O) groups excluding carboxylic acids is 1. The summed E-state index contributed by atoms with van der Waals surface area (Å²) in [6, 6.07) is 16.9. The summed E-state index contributed by atoms with van der Waals surface area (Å²) >= 11 is 11.1. The summed E-state index contributed by atoms with van der Waals surface area (Å²) in [5, 5.41) is 6.52. The number of hydrogen-bond acceptors (Lipinski definition) is 3. The fraction of sp³-hybridized carbons (Fsp3) is 0.0909. The number of aryl methyl sites for hydroxylation is 2. The molecule has 1 aromatic heterocycles. The van der Waals surface area contributed by atoms with E-state index >= 15 is 0 Å². The van der Waals surface area contributed by atoms with Gasteiger partial charge in [-0.1, -0.05) is 17.7 Å². The van der Waals surface area contributed by atoms with Crippen molar-refractivity contribution in [3.63, 3.8) is 0 Å². The van der Waals surface area contributed by atoms with E-state index < -0.39 is 0 Å². The Morgan fingerprint density at radius 3 is 2.50 bits per heavy atom. The van der Waals surface area contributed by atoms with Gasteiger partial charge in [0.15, 0.2) is 5.11 Å². The van der Waals surface area contributed by atoms with Gasteiger partial charge in [0, 0.05) is 22.3 Å². The first-order valence-electron chi connectivity index (χ1n) is 8.64. The van der Waals surface area contributed by atoms with Gasteiger partial charge in [0.1, 0.15) is 11.5 Å². The van der Waals surface area contributed by atoms with E-state index in [0.29, 0.717) is 16.5 Å². The van der Waals surface area contributed by atoms with Crippen molar-refractivity contribution < 1.29 is 9.21 Å². The Hall–Kier alpha value is -2.89. The van der Waals surface area contributed by atoms with Gasteiger partial charge < -0.3 is 9.73 Å². The van der Waals surface area contributed by atoms with Gasteiger partial charge in [-0.15, -0.1) is 0 Å². The first-order chi connectivity index (χ1) is 13.4. The number of hydrogen-bond donors (Lipinski definition) is 2. The van der Waals surface area contributed by atoms with E-state index in [1.807, 2.05) is 50.2 Å². The molecule has 142 valence electrons. The molecule has 3 rings (SSSR count). The number of rotatable bonds is 4. The van der Waals surface area contributed by atoms with Crippen molar-refractivity contribution in [1.82, 2.24) is 5.32 Å². The molecular formula is C22H19ClN2O2S. The van der Waals surface area contributed by atoms with Gasteiger partial charge in [-0.3, -0.25) is 10.1 Å². The number of benzene rings is 2. The van der Waals surface area contributed by atoms with Crippen LogP contribution in [0.15, 0.2) is 65.1 Å². The number of thiocarbonyl (C=S) groups is 1. The van der Waals surface area contributed by atoms with E-state index in [2.05, 4.69) is 10.6 Å². The van der Waals surface area contributed by atoms with Crippen LogP contribution in [0.2, 0.25) is 5.02 Å². The molecule has 0 bridgehead atoms. The van der Waals surface area contributed by atoms with Crippen LogP contribution in [-0.4, -0.2) is 11.0 Å². The Kier molecular flexibility index (Phi) is 6.29. The molecule has 0 unspecified atom stereocenters. The van der Waals surface area contributed by atoms with Crippen LogP contribution >= 0.6 is 23.8 Å². The Labute approximate surface area is 174 Å². The van der Waals surface area contributed by atoms with E-state index in [4.69, 9.17) is 28.2 Å². The molecule has 3 aromatic rings. The molecule has 2 aromatic carbocycles. The Balaban J connectivity index is 1.57. The lowest BCUT2D eigenvalue weighted by Gasteiger charge is -2.09. The van der Waals surface area contributed by atoms with Gasteiger partial charge in [0.25, 0.3) is 0 Å². The molecule has 1 heterocycles. The average Bonchev–Trinajstić information content (AvgIpc) is 3.12. The summed E-state index contributed by atoms with van der Waals surface area (Å²) in [5.74, 6) is 0.919. The van der Waals surface area contributed by atoms with Crippen LogP contribution in [0, 0.1) is 13.8 Å². The van der Waals surface area contributed by atoms with Gasteiger partial charge in [0.05, 0.1) is 0 Å². The molecule has 1 amide bonds. The maximum Gasteiger partial charge on any atom is 0.250 e. The van der Waals surface area contributed by atoms with E-state index in [9.17, 15) is 4.79 Å². The van der Waals surface area contributed by atoms with Crippen molar-refractivity contribution >= 4 is 46.6 Å². The molecule has 2 N–H and O–H groups in total. The quantitative estimate of drug-likeness (QED) is 0.425. The van der Waals surface area contributed by atoms with Crippen molar-refractivity contribution in [3.05, 3.63) is 82.6 Å². The Morgan fingerprint density at radius 1 is 1.04 bits per heavy atom. The predicted molar refractivity (Wildman–Crippen MR) is 118 cm³/mol. The highest BCUT2D eigenvalue weighted by atomic mass is 35.5. The molecule has 6 heteroatoms. The standard InChI is InChI=1S/C22H19ClN2O2S/c1-14-3-8-18(13-15(14)2)24-22(28)25-21(26)12-10-19-9-11-20(27-19)16-4-6-17(23)7-5-16/h3-13H,1-2H3,(H2,24,25,26,28). The molecule has 28 heavy (non-hydrogen) atoms. The maximum absolute atomic E-state index is 12.1. The van der Waals surface area contributed by atoms with Crippen LogP contribution in [0.1, 0.15) is 16.9 Å². The third-order valence-corrected chi connectivity index (χ3v) is 4.61. The summed E-state index contributed by atoms with van der Waals surface area (Å²) in [4.78, 5) is 12.1. The van der Waals surface area contributed by atoms with Crippen molar-refractivity contribution in [3.8, 4) is 11.3 Å². The Morgan fingerprint density at radius 2 is 1.79 bits per heavy atom. The summed E-state index contributed by atoms with van der Waals surface area (Å²) < 4.78 is 5.73. The first-order valence-corrected chi connectivity index (χ1v) is 9.42. The second-order valence-corrected chi connectivity index (χ2v) is 7.13. The summed E-state index contributed by atoms with van der Waals surface area (Å²) in [6.07, 6.45) is 2.96. The maximum atomic E-state index is 12.1. The number of halogens is 1. The van der Waals surface area contributed by atoms with Crippen molar-refractivity contribution in [2.24, 2.45) is 0 Å². The highest BCUT2D eigenvalue weighted by molar-refractivity contribution is 7.80. The highest BCUT2D eigenvalue weighted by Crippen LogP contribution is 2.24. The third-order valence-electron chi connectivity index (χ3n) is 4.16. The van der Waals surface area contributed by atoms with Crippen LogP contribution < -0.4 is 10.6 Å². The summed E-state index contributed by atoms with van der Waals surface area (Å²) in [7, 11) is 0. The van der Waals surface area contributed by atoms with Crippen LogP contribution in [0.25, 0.3) is 17.4 Å². The topological polar surface area (TPSA) is 54.3 Å². The van der Waals surface area contributed by atoms with E-state index in [1.54, 1.807) is 24.3 Å². The molecule has 0 radical (unpaired) electrons. The van der Waals surface area contributed by atoms with E-state index in [0.717, 1.165) is 16.8 Å². The largest absolute Gasteiger partial charge is 0.457 e. The summed E-state index contributed by atoms with van der Waals surface area (Å²) in [6.45, 7) is 4.06. The van der Waals surface area contributed by atoms with Crippen molar-refractivity contribution in [1.29, 1.82) is 0 Å². The van der Waals surface area contributed by atoms with Crippen LogP contribution in [-0.2, 0) is 4.79 Å². The van der Waals surface area contributed by atoms with Gasteiger partial charge >= 0.3 is 0 Å². The smallest absolute Gasteiger partial charge is 0.250 e. The molecular weight excluding hydrogens is 392 g/mol. The second kappa shape index (κ2) is 8.87. The molecule has 0 saturated carbocycles. The first kappa shape index (κ1) is 19.9. The van der Waals surface area contributed by atoms with Crippen LogP contribution in [0.4, 0.5) is 5.69 Å². The third kappa shape index (κ3) is 5.31. The number of nitrogens with one attached hydrogen (secondary N) is 2. The van der Waals surface area contributed by atoms with Gasteiger partial charge in [-0.05, 0) is 91.8 Å². The lowest BCUT2D eigenvalue weighted by molar-refractivity contribution is -0.115. The van der Waals surface area contributed by atoms with Gasteiger partial charge in [-0.25, -0.2) is 0 Å².